The van der Waals surface area contributed by atoms with Crippen molar-refractivity contribution in [3.8, 4) is 0 Å². The predicted molar refractivity (Wildman–Crippen MR) is 103 cm³/mol. The second kappa shape index (κ2) is 8.52. The molecule has 1 aliphatic heterocycles. The summed E-state index contributed by atoms with van der Waals surface area (Å²) in [6.07, 6.45) is -2.01. The summed E-state index contributed by atoms with van der Waals surface area (Å²) in [6.45, 7) is -0.176. The number of aliphatic hydroxyl groups is 2. The molecule has 148 valence electrons. The molecular formula is C21H24N2O5. The molecule has 28 heavy (non-hydrogen) atoms. The maximum Gasteiger partial charge on any atom is 0.253 e. The van der Waals surface area contributed by atoms with Crippen LogP contribution in [0.25, 0.3) is 0 Å². The van der Waals surface area contributed by atoms with Crippen LogP contribution in [0.1, 0.15) is 20.7 Å². The number of carbonyl (C=O) groups is 2. The van der Waals surface area contributed by atoms with E-state index in [1.54, 1.807) is 55.6 Å². The summed E-state index contributed by atoms with van der Waals surface area (Å²) in [5.41, 5.74) is -0.617. The minimum atomic E-state index is -1.61. The lowest BCUT2D eigenvalue weighted by atomic mass is 9.95. The van der Waals surface area contributed by atoms with Crippen LogP contribution in [0.3, 0.4) is 0 Å². The van der Waals surface area contributed by atoms with Crippen molar-refractivity contribution in [1.29, 1.82) is 0 Å². The molecule has 2 aromatic rings. The zero-order chi connectivity index (χ0) is 20.1. The standard InChI is InChI=1S/C21H24N2O5/c1-23(20(26)16-10-6-3-7-11-16)13-21(27)14-28-17(18(21)24)12-22-19(25)15-8-4-2-5-9-15/h2-11,17-18,24,27H,12-14H2,1H3,(H,22,25)/t17-,18-,21+/m1/s1. The van der Waals surface area contributed by atoms with Crippen LogP contribution < -0.4 is 5.32 Å². The average Bonchev–Trinajstić information content (AvgIpc) is 3.00. The first-order valence-electron chi connectivity index (χ1n) is 9.06. The fraction of sp³-hybridized carbons (Fsp3) is 0.333. The summed E-state index contributed by atoms with van der Waals surface area (Å²) >= 11 is 0. The third kappa shape index (κ3) is 4.39. The number of benzene rings is 2. The number of amides is 2. The fourth-order valence-corrected chi connectivity index (χ4v) is 3.25. The van der Waals surface area contributed by atoms with Gasteiger partial charge >= 0.3 is 0 Å². The van der Waals surface area contributed by atoms with Crippen LogP contribution in [0, 0.1) is 0 Å². The van der Waals surface area contributed by atoms with E-state index in [1.807, 2.05) is 12.1 Å². The van der Waals surface area contributed by atoms with E-state index in [9.17, 15) is 19.8 Å². The van der Waals surface area contributed by atoms with Crippen LogP contribution in [-0.4, -0.2) is 71.5 Å². The number of nitrogens with one attached hydrogen (secondary N) is 1. The summed E-state index contributed by atoms with van der Waals surface area (Å²) in [5, 5.41) is 24.0. The fourth-order valence-electron chi connectivity index (χ4n) is 3.25. The highest BCUT2D eigenvalue weighted by Gasteiger charge is 2.49. The smallest absolute Gasteiger partial charge is 0.253 e. The van der Waals surface area contributed by atoms with Gasteiger partial charge in [0.25, 0.3) is 11.8 Å². The van der Waals surface area contributed by atoms with Crippen molar-refractivity contribution in [2.75, 3.05) is 26.7 Å². The topological polar surface area (TPSA) is 99.1 Å². The Morgan fingerprint density at radius 2 is 1.68 bits per heavy atom. The van der Waals surface area contributed by atoms with Gasteiger partial charge < -0.3 is 25.2 Å². The molecule has 3 N–H and O–H groups in total. The van der Waals surface area contributed by atoms with Crippen molar-refractivity contribution < 1.29 is 24.5 Å². The zero-order valence-electron chi connectivity index (χ0n) is 15.6. The SMILES string of the molecule is CN(C[C@]1(O)CO[C@H](CNC(=O)c2ccccc2)[C@H]1O)C(=O)c1ccccc1. The molecule has 1 saturated heterocycles. The number of rotatable bonds is 6. The van der Waals surface area contributed by atoms with Gasteiger partial charge in [0.15, 0.2) is 0 Å². The second-order valence-electron chi connectivity index (χ2n) is 7.00. The number of hydrogen-bond acceptors (Lipinski definition) is 5. The van der Waals surface area contributed by atoms with Crippen LogP contribution in [0.4, 0.5) is 0 Å². The van der Waals surface area contributed by atoms with Crippen molar-refractivity contribution in [2.45, 2.75) is 17.8 Å². The maximum absolute atomic E-state index is 12.5. The molecule has 2 amide bonds. The van der Waals surface area contributed by atoms with Gasteiger partial charge in [-0.25, -0.2) is 0 Å². The largest absolute Gasteiger partial charge is 0.387 e. The number of likely N-dealkylation sites (N-methyl/N-ethyl adjacent to an activating group) is 1. The van der Waals surface area contributed by atoms with Gasteiger partial charge in [-0.15, -0.1) is 0 Å². The molecule has 0 aliphatic carbocycles. The molecule has 0 bridgehead atoms. The summed E-state index contributed by atoms with van der Waals surface area (Å²) in [6, 6.07) is 17.4. The number of carbonyl (C=O) groups excluding carboxylic acids is 2. The Labute approximate surface area is 163 Å². The van der Waals surface area contributed by atoms with Crippen LogP contribution in [0.2, 0.25) is 0 Å². The maximum atomic E-state index is 12.5. The van der Waals surface area contributed by atoms with Gasteiger partial charge in [-0.3, -0.25) is 9.59 Å². The van der Waals surface area contributed by atoms with Crippen molar-refractivity contribution >= 4 is 11.8 Å². The van der Waals surface area contributed by atoms with Gasteiger partial charge in [0, 0.05) is 24.7 Å². The first kappa shape index (κ1) is 20.0. The van der Waals surface area contributed by atoms with E-state index < -0.39 is 17.8 Å². The van der Waals surface area contributed by atoms with Gasteiger partial charge in [0.2, 0.25) is 0 Å². The molecule has 3 atom stereocenters. The first-order valence-corrected chi connectivity index (χ1v) is 9.06. The van der Waals surface area contributed by atoms with Crippen LogP contribution in [0.5, 0.6) is 0 Å². The Hall–Kier alpha value is -2.74. The van der Waals surface area contributed by atoms with Gasteiger partial charge in [-0.1, -0.05) is 36.4 Å². The van der Waals surface area contributed by atoms with Crippen LogP contribution >= 0.6 is 0 Å². The second-order valence-corrected chi connectivity index (χ2v) is 7.00. The van der Waals surface area contributed by atoms with Gasteiger partial charge in [-0.2, -0.15) is 0 Å². The Bertz CT molecular complexity index is 814. The molecule has 1 heterocycles. The predicted octanol–water partition coefficient (Wildman–Crippen LogP) is 0.679. The van der Waals surface area contributed by atoms with Crippen molar-refractivity contribution in [3.63, 3.8) is 0 Å². The zero-order valence-corrected chi connectivity index (χ0v) is 15.6. The number of hydrogen-bond donors (Lipinski definition) is 3. The Morgan fingerprint density at radius 3 is 2.29 bits per heavy atom. The lowest BCUT2D eigenvalue weighted by Crippen LogP contribution is -2.54. The highest BCUT2D eigenvalue weighted by molar-refractivity contribution is 5.94. The molecular weight excluding hydrogens is 360 g/mol. The van der Waals surface area contributed by atoms with E-state index in [4.69, 9.17) is 4.74 Å². The van der Waals surface area contributed by atoms with E-state index in [0.717, 1.165) is 0 Å². The number of ether oxygens (including phenoxy) is 1. The summed E-state index contributed by atoms with van der Waals surface area (Å²) in [7, 11) is 1.56. The van der Waals surface area contributed by atoms with E-state index in [1.165, 1.54) is 4.90 Å². The summed E-state index contributed by atoms with van der Waals surface area (Å²) in [4.78, 5) is 26.0. The molecule has 0 aromatic heterocycles. The molecule has 0 saturated carbocycles. The molecule has 0 radical (unpaired) electrons. The Balaban J connectivity index is 1.56. The molecule has 1 fully saturated rings. The third-order valence-electron chi connectivity index (χ3n) is 4.83. The lowest BCUT2D eigenvalue weighted by Gasteiger charge is -2.31. The molecule has 7 nitrogen and oxygen atoms in total. The quantitative estimate of drug-likeness (QED) is 0.680. The first-order chi connectivity index (χ1) is 13.4. The van der Waals surface area contributed by atoms with Gasteiger partial charge in [-0.05, 0) is 24.3 Å². The van der Waals surface area contributed by atoms with E-state index in [0.29, 0.717) is 11.1 Å². The molecule has 3 rings (SSSR count). The number of aliphatic hydroxyl groups excluding tert-OH is 1. The normalized spacial score (nSPS) is 24.0. The molecule has 1 aliphatic rings. The lowest BCUT2D eigenvalue weighted by molar-refractivity contribution is -0.0614. The molecule has 2 aromatic carbocycles. The highest BCUT2D eigenvalue weighted by Crippen LogP contribution is 2.26. The highest BCUT2D eigenvalue weighted by atomic mass is 16.5. The molecule has 0 unspecified atom stereocenters. The number of nitrogens with zero attached hydrogens (tertiary/aromatic N) is 1. The van der Waals surface area contributed by atoms with Crippen molar-refractivity contribution in [2.24, 2.45) is 0 Å². The average molecular weight is 384 g/mol. The van der Waals surface area contributed by atoms with E-state index in [2.05, 4.69) is 5.32 Å². The van der Waals surface area contributed by atoms with Crippen molar-refractivity contribution in [1.82, 2.24) is 10.2 Å². The van der Waals surface area contributed by atoms with Gasteiger partial charge in [0.05, 0.1) is 13.2 Å². The monoisotopic (exact) mass is 384 g/mol. The third-order valence-corrected chi connectivity index (χ3v) is 4.83. The van der Waals surface area contributed by atoms with Crippen LogP contribution in [0.15, 0.2) is 60.7 Å². The van der Waals surface area contributed by atoms with Crippen LogP contribution in [-0.2, 0) is 4.74 Å². The van der Waals surface area contributed by atoms with Crippen molar-refractivity contribution in [3.05, 3.63) is 71.8 Å². The summed E-state index contributed by atoms with van der Waals surface area (Å²) < 4.78 is 5.50. The van der Waals surface area contributed by atoms with E-state index >= 15 is 0 Å². The minimum absolute atomic E-state index is 0.0492. The Kier molecular flexibility index (Phi) is 6.08. The summed E-state index contributed by atoms with van der Waals surface area (Å²) in [5.74, 6) is -0.551. The minimum Gasteiger partial charge on any atom is -0.387 e. The van der Waals surface area contributed by atoms with E-state index in [-0.39, 0.29) is 31.5 Å². The van der Waals surface area contributed by atoms with Gasteiger partial charge in [0.1, 0.15) is 17.8 Å². The molecule has 0 spiro atoms. The Morgan fingerprint density at radius 1 is 1.11 bits per heavy atom. The molecule has 7 heteroatoms.